The first-order chi connectivity index (χ1) is 16.7. The number of carbonyl (C=O) groups is 1. The van der Waals surface area contributed by atoms with Gasteiger partial charge in [-0.2, -0.15) is 4.31 Å². The summed E-state index contributed by atoms with van der Waals surface area (Å²) in [6.07, 6.45) is 7.40. The second-order valence-corrected chi connectivity index (χ2v) is 12.5. The number of nitrogens with one attached hydrogen (secondary N) is 1. The summed E-state index contributed by atoms with van der Waals surface area (Å²) in [7, 11) is -3.22. The minimum atomic E-state index is -3.22. The number of imidazole rings is 1. The maximum Gasteiger partial charge on any atom is 0.217 e. The maximum absolute atomic E-state index is 12.2. The van der Waals surface area contributed by atoms with Crippen molar-refractivity contribution in [3.63, 3.8) is 0 Å². The molecule has 5 rings (SSSR count). The number of sulfonamides is 1. The fourth-order valence-electron chi connectivity index (χ4n) is 6.61. The van der Waals surface area contributed by atoms with Gasteiger partial charge >= 0.3 is 0 Å². The molecule has 3 aliphatic heterocycles. The lowest BCUT2D eigenvalue weighted by Crippen LogP contribution is -2.45. The third kappa shape index (κ3) is 5.04. The van der Waals surface area contributed by atoms with Gasteiger partial charge in [0.05, 0.1) is 30.2 Å². The van der Waals surface area contributed by atoms with E-state index in [1.165, 1.54) is 19.1 Å². The molecule has 35 heavy (non-hydrogen) atoms. The summed E-state index contributed by atoms with van der Waals surface area (Å²) in [4.78, 5) is 19.4. The van der Waals surface area contributed by atoms with E-state index in [1.807, 2.05) is 18.2 Å². The van der Waals surface area contributed by atoms with Gasteiger partial charge in [0.15, 0.2) is 0 Å². The van der Waals surface area contributed by atoms with E-state index in [0.29, 0.717) is 37.6 Å². The minimum absolute atomic E-state index is 0.00373. The summed E-state index contributed by atoms with van der Waals surface area (Å²) in [5, 5.41) is 3.14. The lowest BCUT2D eigenvalue weighted by molar-refractivity contribution is -0.119. The zero-order chi connectivity index (χ0) is 24.7. The van der Waals surface area contributed by atoms with Crippen LogP contribution in [-0.4, -0.2) is 64.5 Å². The minimum Gasteiger partial charge on any atom is -0.349 e. The molecular weight excluding hydrogens is 462 g/mol. The van der Waals surface area contributed by atoms with E-state index < -0.39 is 10.0 Å². The van der Waals surface area contributed by atoms with Crippen molar-refractivity contribution in [3.8, 4) is 0 Å². The van der Waals surface area contributed by atoms with Crippen LogP contribution in [0.5, 0.6) is 0 Å². The molecule has 2 aromatic rings. The highest BCUT2D eigenvalue weighted by Crippen LogP contribution is 2.43. The van der Waals surface area contributed by atoms with Crippen LogP contribution in [0.25, 0.3) is 0 Å². The maximum atomic E-state index is 12.2. The summed E-state index contributed by atoms with van der Waals surface area (Å²) >= 11 is 0. The molecule has 0 aliphatic carbocycles. The highest BCUT2D eigenvalue weighted by Gasteiger charge is 2.42. The van der Waals surface area contributed by atoms with E-state index in [0.717, 1.165) is 48.6 Å². The largest absolute Gasteiger partial charge is 0.349 e. The van der Waals surface area contributed by atoms with Gasteiger partial charge in [0.1, 0.15) is 5.82 Å². The summed E-state index contributed by atoms with van der Waals surface area (Å²) < 4.78 is 28.4. The van der Waals surface area contributed by atoms with Gasteiger partial charge in [0, 0.05) is 44.6 Å². The Morgan fingerprint density at radius 3 is 2.46 bits per heavy atom. The molecule has 2 saturated heterocycles. The Labute approximate surface area is 208 Å². The summed E-state index contributed by atoms with van der Waals surface area (Å²) in [6.45, 7) is 5.56. The number of benzene rings is 1. The quantitative estimate of drug-likeness (QED) is 0.633. The van der Waals surface area contributed by atoms with Gasteiger partial charge in [-0.3, -0.25) is 9.69 Å². The summed E-state index contributed by atoms with van der Waals surface area (Å²) in [5.41, 5.74) is 3.31. The van der Waals surface area contributed by atoms with Crippen LogP contribution < -0.4 is 5.32 Å². The zero-order valence-corrected chi connectivity index (χ0v) is 21.8. The average molecular weight is 500 g/mol. The molecule has 2 bridgehead atoms. The van der Waals surface area contributed by atoms with Crippen LogP contribution in [0, 0.1) is 6.92 Å². The predicted molar refractivity (Wildman–Crippen MR) is 135 cm³/mol. The molecule has 2 fully saturated rings. The van der Waals surface area contributed by atoms with E-state index in [2.05, 4.69) is 33.8 Å². The normalized spacial score (nSPS) is 25.9. The number of fused-ring (bicyclic) bond motifs is 3. The highest BCUT2D eigenvalue weighted by atomic mass is 32.2. The SMILES string of the molecule is CC(=O)N[C@@H](CCN1[C@@H]2CC[C@H]1CC(n1c(C)nc3c1CN(S(C)(=O)=O)CC3)C2)c1ccccc1. The highest BCUT2D eigenvalue weighted by molar-refractivity contribution is 7.88. The second kappa shape index (κ2) is 9.67. The molecule has 0 saturated carbocycles. The lowest BCUT2D eigenvalue weighted by atomic mass is 9.95. The molecule has 1 unspecified atom stereocenters. The van der Waals surface area contributed by atoms with Gasteiger partial charge in [-0.15, -0.1) is 0 Å². The Hall–Kier alpha value is -2.23. The fraction of sp³-hybridized carbons (Fsp3) is 0.615. The van der Waals surface area contributed by atoms with E-state index in [9.17, 15) is 13.2 Å². The van der Waals surface area contributed by atoms with Crippen molar-refractivity contribution >= 4 is 15.9 Å². The number of hydrogen-bond donors (Lipinski definition) is 1. The molecule has 1 aromatic carbocycles. The predicted octanol–water partition coefficient (Wildman–Crippen LogP) is 2.94. The molecule has 1 aromatic heterocycles. The number of carbonyl (C=O) groups excluding carboxylic acids is 1. The standard InChI is InChI=1S/C26H37N5O3S/c1-18-27-25-11-13-29(35(3,33)34)17-26(25)31(18)23-15-21-9-10-22(16-23)30(21)14-12-24(28-19(2)32)20-7-5-4-6-8-20/h4-8,21-24H,9-17H2,1-3H3,(H,28,32)/t21-,22+,23?,24-/m0/s1. The van der Waals surface area contributed by atoms with Crippen LogP contribution in [0.4, 0.5) is 0 Å². The first-order valence-corrected chi connectivity index (χ1v) is 14.6. The van der Waals surface area contributed by atoms with E-state index >= 15 is 0 Å². The van der Waals surface area contributed by atoms with Crippen molar-refractivity contribution in [2.45, 2.75) is 83.1 Å². The molecule has 4 atom stereocenters. The monoisotopic (exact) mass is 499 g/mol. The number of amides is 1. The number of hydrogen-bond acceptors (Lipinski definition) is 5. The molecule has 190 valence electrons. The van der Waals surface area contributed by atoms with E-state index in [4.69, 9.17) is 4.98 Å². The molecule has 9 heteroatoms. The lowest BCUT2D eigenvalue weighted by Gasteiger charge is -2.41. The van der Waals surface area contributed by atoms with Crippen LogP contribution >= 0.6 is 0 Å². The summed E-state index contributed by atoms with van der Waals surface area (Å²) in [5.74, 6) is 1.02. The number of piperidine rings is 1. The van der Waals surface area contributed by atoms with Crippen molar-refractivity contribution in [1.82, 2.24) is 24.1 Å². The number of aromatic nitrogens is 2. The van der Waals surface area contributed by atoms with Crippen molar-refractivity contribution in [2.75, 3.05) is 19.3 Å². The van der Waals surface area contributed by atoms with Crippen molar-refractivity contribution in [3.05, 3.63) is 53.1 Å². The van der Waals surface area contributed by atoms with Crippen LogP contribution in [0.1, 0.15) is 73.9 Å². The fourth-order valence-corrected chi connectivity index (χ4v) is 7.39. The van der Waals surface area contributed by atoms with E-state index in [-0.39, 0.29) is 11.9 Å². The number of aryl methyl sites for hydroxylation is 1. The zero-order valence-electron chi connectivity index (χ0n) is 21.0. The molecule has 0 radical (unpaired) electrons. The molecule has 3 aliphatic rings. The van der Waals surface area contributed by atoms with E-state index in [1.54, 1.807) is 11.2 Å². The van der Waals surface area contributed by atoms with Crippen molar-refractivity contribution in [1.29, 1.82) is 0 Å². The molecule has 8 nitrogen and oxygen atoms in total. The number of rotatable bonds is 7. The summed E-state index contributed by atoms with van der Waals surface area (Å²) in [6, 6.07) is 11.6. The van der Waals surface area contributed by atoms with Crippen LogP contribution in [-0.2, 0) is 27.8 Å². The third-order valence-electron chi connectivity index (χ3n) is 8.14. The van der Waals surface area contributed by atoms with Gasteiger partial charge < -0.3 is 9.88 Å². The van der Waals surface area contributed by atoms with Crippen LogP contribution in [0.3, 0.4) is 0 Å². The first-order valence-electron chi connectivity index (χ1n) is 12.8. The smallest absolute Gasteiger partial charge is 0.217 e. The second-order valence-electron chi connectivity index (χ2n) is 10.5. The van der Waals surface area contributed by atoms with Crippen LogP contribution in [0.15, 0.2) is 30.3 Å². The molecule has 1 N–H and O–H groups in total. The van der Waals surface area contributed by atoms with Crippen molar-refractivity contribution in [2.24, 2.45) is 0 Å². The molecule has 1 amide bonds. The van der Waals surface area contributed by atoms with Gasteiger partial charge in [-0.25, -0.2) is 13.4 Å². The van der Waals surface area contributed by atoms with Crippen molar-refractivity contribution < 1.29 is 13.2 Å². The Kier molecular flexibility index (Phi) is 6.76. The topological polar surface area (TPSA) is 87.5 Å². The van der Waals surface area contributed by atoms with Gasteiger partial charge in [-0.05, 0) is 44.6 Å². The first kappa shape index (κ1) is 24.5. The van der Waals surface area contributed by atoms with Gasteiger partial charge in [0.25, 0.3) is 0 Å². The Morgan fingerprint density at radius 1 is 1.14 bits per heavy atom. The van der Waals surface area contributed by atoms with Crippen LogP contribution in [0.2, 0.25) is 0 Å². The average Bonchev–Trinajstić information content (AvgIpc) is 3.26. The third-order valence-corrected chi connectivity index (χ3v) is 9.39. The Morgan fingerprint density at radius 2 is 1.83 bits per heavy atom. The Bertz CT molecular complexity index is 1170. The van der Waals surface area contributed by atoms with Gasteiger partial charge in [-0.1, -0.05) is 30.3 Å². The molecular formula is C26H37N5O3S. The molecule has 4 heterocycles. The molecule has 0 spiro atoms. The van der Waals surface area contributed by atoms with Gasteiger partial charge in [0.2, 0.25) is 15.9 Å². The Balaban J connectivity index is 1.29. The number of nitrogens with zero attached hydrogens (tertiary/aromatic N) is 4.